The number of halogens is 1. The Morgan fingerprint density at radius 1 is 1.20 bits per heavy atom. The van der Waals surface area contributed by atoms with Crippen molar-refractivity contribution in [2.75, 3.05) is 12.4 Å². The van der Waals surface area contributed by atoms with Crippen LogP contribution in [-0.2, 0) is 14.3 Å². The van der Waals surface area contributed by atoms with E-state index in [2.05, 4.69) is 10.1 Å². The van der Waals surface area contributed by atoms with Crippen LogP contribution in [0, 0.1) is 0 Å². The molecule has 0 radical (unpaired) electrons. The minimum atomic E-state index is -1.25. The lowest BCUT2D eigenvalue weighted by molar-refractivity contribution is -0.131. The van der Waals surface area contributed by atoms with Gasteiger partial charge in [-0.3, -0.25) is 4.79 Å². The number of anilines is 1. The predicted octanol–water partition coefficient (Wildman–Crippen LogP) is 3.56. The summed E-state index contributed by atoms with van der Waals surface area (Å²) in [4.78, 5) is 34.2. The van der Waals surface area contributed by atoms with Gasteiger partial charge in [0.05, 0.1) is 12.8 Å². The molecular formula is C16H12ClNO6S. The first kappa shape index (κ1) is 18.5. The van der Waals surface area contributed by atoms with Gasteiger partial charge < -0.3 is 19.9 Å². The zero-order valence-electron chi connectivity index (χ0n) is 12.8. The van der Waals surface area contributed by atoms with Gasteiger partial charge in [0.2, 0.25) is 5.91 Å². The Kier molecular flexibility index (Phi) is 6.15. The number of amides is 1. The van der Waals surface area contributed by atoms with Crippen LogP contribution in [0.4, 0.5) is 5.69 Å². The van der Waals surface area contributed by atoms with Crippen LogP contribution in [0.2, 0.25) is 5.02 Å². The monoisotopic (exact) mass is 381 g/mol. The van der Waals surface area contributed by atoms with E-state index in [0.717, 1.165) is 17.4 Å². The normalized spacial score (nSPS) is 10.5. The molecule has 0 bridgehead atoms. The highest BCUT2D eigenvalue weighted by Crippen LogP contribution is 2.35. The summed E-state index contributed by atoms with van der Waals surface area (Å²) in [6.07, 6.45) is 1.56. The van der Waals surface area contributed by atoms with E-state index < -0.39 is 17.8 Å². The summed E-state index contributed by atoms with van der Waals surface area (Å²) in [6, 6.07) is 6.08. The van der Waals surface area contributed by atoms with Crippen molar-refractivity contribution in [3.63, 3.8) is 0 Å². The molecule has 0 spiro atoms. The standard InChI is InChI=1S/C16H12ClNO6S/c1-23-16(22)15-12(6-7-25-15)24-11-3-2-9(17)8-10(11)18-13(19)4-5-14(20)21/h2-8H,1H3,(H,18,19)(H,20,21). The van der Waals surface area contributed by atoms with Crippen molar-refractivity contribution in [2.24, 2.45) is 0 Å². The van der Waals surface area contributed by atoms with Crippen LogP contribution in [0.25, 0.3) is 0 Å². The first-order chi connectivity index (χ1) is 11.9. The van der Waals surface area contributed by atoms with Gasteiger partial charge in [0.15, 0.2) is 16.4 Å². The molecule has 1 amide bonds. The molecule has 25 heavy (non-hydrogen) atoms. The summed E-state index contributed by atoms with van der Waals surface area (Å²) >= 11 is 7.07. The smallest absolute Gasteiger partial charge is 0.351 e. The van der Waals surface area contributed by atoms with E-state index in [-0.39, 0.29) is 22.1 Å². The van der Waals surface area contributed by atoms with Gasteiger partial charge in [-0.15, -0.1) is 11.3 Å². The number of rotatable bonds is 6. The number of aliphatic carboxylic acids is 1. The molecule has 0 saturated heterocycles. The topological polar surface area (TPSA) is 102 Å². The van der Waals surface area contributed by atoms with Crippen molar-refractivity contribution in [3.05, 3.63) is 51.7 Å². The average Bonchev–Trinajstić information content (AvgIpc) is 3.03. The molecule has 9 heteroatoms. The fourth-order valence-corrected chi connectivity index (χ4v) is 2.65. The molecule has 0 aliphatic carbocycles. The van der Waals surface area contributed by atoms with E-state index in [1.807, 2.05) is 0 Å². The number of thiophene rings is 1. The van der Waals surface area contributed by atoms with E-state index in [4.69, 9.17) is 21.4 Å². The van der Waals surface area contributed by atoms with Crippen LogP contribution in [0.15, 0.2) is 41.8 Å². The van der Waals surface area contributed by atoms with Crippen LogP contribution >= 0.6 is 22.9 Å². The number of carboxylic acid groups (broad SMARTS) is 1. The van der Waals surface area contributed by atoms with E-state index in [0.29, 0.717) is 11.1 Å². The lowest BCUT2D eigenvalue weighted by Gasteiger charge is -2.12. The Labute approximate surface area is 151 Å². The fraction of sp³-hybridized carbons (Fsp3) is 0.0625. The number of nitrogens with one attached hydrogen (secondary N) is 1. The molecule has 2 rings (SSSR count). The molecule has 0 aliphatic rings. The minimum Gasteiger partial charge on any atom is -0.478 e. The summed E-state index contributed by atoms with van der Waals surface area (Å²) in [7, 11) is 1.26. The quantitative estimate of drug-likeness (QED) is 0.586. The molecule has 0 unspecified atom stereocenters. The molecule has 2 aromatic rings. The highest BCUT2D eigenvalue weighted by atomic mass is 35.5. The van der Waals surface area contributed by atoms with E-state index in [9.17, 15) is 14.4 Å². The maximum absolute atomic E-state index is 11.8. The van der Waals surface area contributed by atoms with Crippen molar-refractivity contribution in [3.8, 4) is 11.5 Å². The van der Waals surface area contributed by atoms with Gasteiger partial charge in [0, 0.05) is 17.2 Å². The Bertz CT molecular complexity index is 845. The van der Waals surface area contributed by atoms with Crippen LogP contribution in [-0.4, -0.2) is 30.1 Å². The van der Waals surface area contributed by atoms with Gasteiger partial charge in [-0.05, 0) is 29.6 Å². The van der Waals surface area contributed by atoms with Crippen molar-refractivity contribution in [1.29, 1.82) is 0 Å². The third-order valence-corrected chi connectivity index (χ3v) is 3.91. The van der Waals surface area contributed by atoms with E-state index in [1.54, 1.807) is 17.5 Å². The van der Waals surface area contributed by atoms with Gasteiger partial charge in [0.25, 0.3) is 0 Å². The zero-order chi connectivity index (χ0) is 18.4. The van der Waals surface area contributed by atoms with Crippen molar-refractivity contribution in [2.45, 2.75) is 0 Å². The first-order valence-electron chi connectivity index (χ1n) is 6.76. The summed E-state index contributed by atoms with van der Waals surface area (Å²) in [5, 5.41) is 13.0. The molecule has 0 atom stereocenters. The predicted molar refractivity (Wildman–Crippen MR) is 92.6 cm³/mol. The van der Waals surface area contributed by atoms with Gasteiger partial charge in [-0.2, -0.15) is 0 Å². The van der Waals surface area contributed by atoms with Crippen LogP contribution in [0.1, 0.15) is 9.67 Å². The maximum atomic E-state index is 11.8. The molecule has 130 valence electrons. The third kappa shape index (κ3) is 5.07. The largest absolute Gasteiger partial charge is 0.478 e. The number of ether oxygens (including phenoxy) is 2. The zero-order valence-corrected chi connectivity index (χ0v) is 14.4. The number of benzene rings is 1. The van der Waals surface area contributed by atoms with E-state index >= 15 is 0 Å². The van der Waals surface area contributed by atoms with Crippen LogP contribution in [0.3, 0.4) is 0 Å². The second-order valence-electron chi connectivity index (χ2n) is 4.51. The maximum Gasteiger partial charge on any atom is 0.351 e. The van der Waals surface area contributed by atoms with Gasteiger partial charge in [0.1, 0.15) is 0 Å². The molecule has 1 aromatic heterocycles. The van der Waals surface area contributed by atoms with Gasteiger partial charge in [-0.1, -0.05) is 11.6 Å². The molecule has 2 N–H and O–H groups in total. The lowest BCUT2D eigenvalue weighted by atomic mass is 10.2. The number of methoxy groups -OCH3 is 1. The van der Waals surface area contributed by atoms with Crippen molar-refractivity contribution < 1.29 is 29.0 Å². The molecule has 1 aromatic carbocycles. The summed E-state index contributed by atoms with van der Waals surface area (Å²) in [5.74, 6) is -1.98. The molecular weight excluding hydrogens is 370 g/mol. The molecule has 0 saturated carbocycles. The fourth-order valence-electron chi connectivity index (χ4n) is 1.75. The van der Waals surface area contributed by atoms with E-state index in [1.165, 1.54) is 19.2 Å². The molecule has 7 nitrogen and oxygen atoms in total. The number of hydrogen-bond acceptors (Lipinski definition) is 6. The molecule has 0 fully saturated rings. The SMILES string of the molecule is COC(=O)c1sccc1Oc1ccc(Cl)cc1NC(=O)C=CC(=O)O. The van der Waals surface area contributed by atoms with Crippen molar-refractivity contribution in [1.82, 2.24) is 0 Å². The Morgan fingerprint density at radius 3 is 2.64 bits per heavy atom. The Morgan fingerprint density at radius 2 is 1.96 bits per heavy atom. The first-order valence-corrected chi connectivity index (χ1v) is 8.01. The minimum absolute atomic E-state index is 0.217. The van der Waals surface area contributed by atoms with Gasteiger partial charge in [-0.25, -0.2) is 9.59 Å². The second kappa shape index (κ2) is 8.32. The number of esters is 1. The highest BCUT2D eigenvalue weighted by molar-refractivity contribution is 7.12. The number of hydrogen-bond donors (Lipinski definition) is 2. The second-order valence-corrected chi connectivity index (χ2v) is 5.86. The van der Waals surface area contributed by atoms with Crippen molar-refractivity contribution >= 4 is 46.5 Å². The number of carbonyl (C=O) groups is 3. The number of carboxylic acids is 1. The highest BCUT2D eigenvalue weighted by Gasteiger charge is 2.17. The molecule has 0 aliphatic heterocycles. The summed E-state index contributed by atoms with van der Waals surface area (Å²) in [6.45, 7) is 0. The summed E-state index contributed by atoms with van der Waals surface area (Å²) in [5.41, 5.74) is 0.217. The molecule has 1 heterocycles. The third-order valence-electron chi connectivity index (χ3n) is 2.80. The summed E-state index contributed by atoms with van der Waals surface area (Å²) < 4.78 is 10.4. The Balaban J connectivity index is 2.27. The van der Waals surface area contributed by atoms with Crippen LogP contribution in [0.5, 0.6) is 11.5 Å². The Hall–Kier alpha value is -2.84. The van der Waals surface area contributed by atoms with Gasteiger partial charge >= 0.3 is 11.9 Å². The van der Waals surface area contributed by atoms with Crippen LogP contribution < -0.4 is 10.1 Å². The number of carbonyl (C=O) groups excluding carboxylic acids is 2. The average molecular weight is 382 g/mol. The lowest BCUT2D eigenvalue weighted by Crippen LogP contribution is -2.10.